The Hall–Kier alpha value is -7.82. The molecule has 6 aromatic rings. The zero-order valence-corrected chi connectivity index (χ0v) is 35.8. The molecule has 0 radical (unpaired) electrons. The van der Waals surface area contributed by atoms with Gasteiger partial charge in [-0.1, -0.05) is 10.4 Å². The summed E-state index contributed by atoms with van der Waals surface area (Å²) in [4.78, 5) is 78.3. The van der Waals surface area contributed by atoms with E-state index in [0.717, 1.165) is 24.3 Å². The second-order valence-electron chi connectivity index (χ2n) is 14.7. The fourth-order valence-electron chi connectivity index (χ4n) is 7.00. The normalized spacial score (nSPS) is 11.1. The number of nitrogens with one attached hydrogen (secondary N) is 4. The molecule has 0 spiro atoms. The molecule has 0 saturated carbocycles. The van der Waals surface area contributed by atoms with Crippen molar-refractivity contribution >= 4 is 46.6 Å². The molecular formula is C42H42F4N12O7. The molecule has 0 atom stereocenters. The maximum absolute atomic E-state index is 13.7. The van der Waals surface area contributed by atoms with E-state index in [1.807, 2.05) is 0 Å². The SMILES string of the molecule is Cc1c(C(=O)C(=O)NCc2cn(CCOCCn3cc(CNC(=O)C(=O)c4c(C)c(C(=O)Nc5ccc(F)c(F)c5)n(C)c4C)nn3)nn2)c(C)n(C)c1C(=O)Nc1ccc(F)c(F)c1. The zero-order chi connectivity index (χ0) is 47.3. The highest BCUT2D eigenvalue weighted by Crippen LogP contribution is 2.25. The van der Waals surface area contributed by atoms with Crippen molar-refractivity contribution in [3.63, 3.8) is 0 Å². The summed E-state index contributed by atoms with van der Waals surface area (Å²) in [7, 11) is 3.07. The zero-order valence-electron chi connectivity index (χ0n) is 35.8. The van der Waals surface area contributed by atoms with Gasteiger partial charge in [0, 0.05) is 49.0 Å². The predicted octanol–water partition coefficient (Wildman–Crippen LogP) is 3.56. The van der Waals surface area contributed by atoms with Gasteiger partial charge in [0.05, 0.1) is 62.9 Å². The molecule has 0 unspecified atom stereocenters. The Morgan fingerprint density at radius 3 is 1.34 bits per heavy atom. The maximum atomic E-state index is 13.7. The van der Waals surface area contributed by atoms with Gasteiger partial charge in [-0.05, 0) is 63.1 Å². The Balaban J connectivity index is 0.916. The van der Waals surface area contributed by atoms with Crippen LogP contribution in [0.1, 0.15) is 75.6 Å². The number of aromatic nitrogens is 8. The van der Waals surface area contributed by atoms with Gasteiger partial charge in [-0.2, -0.15) is 0 Å². The van der Waals surface area contributed by atoms with Crippen molar-refractivity contribution in [3.05, 3.63) is 128 Å². The number of Topliss-reactive ketones (excluding diaryl/α,β-unsaturated/α-hetero) is 2. The number of benzene rings is 2. The molecule has 0 aliphatic carbocycles. The standard InChI is InChI=1S/C42H42F4N12O7/c1-21-33(23(3)55(5)35(21)39(61)49-25-7-9-29(43)31(45)15-25)37(59)41(63)47-17-27-19-57(53-51-27)11-13-65-14-12-58-20-28(52-54-58)18-48-42(64)38(60)34-22(2)36(56(6)24(34)4)40(62)50-26-8-10-30(44)32(46)16-26/h7-10,15-16,19-20H,11-14,17-18H2,1-6H3,(H,47,63)(H,48,64)(H,49,61)(H,50,62). The van der Waals surface area contributed by atoms with Crippen LogP contribution in [0.15, 0.2) is 48.8 Å². The number of hydrogen-bond donors (Lipinski definition) is 4. The molecule has 4 aromatic heterocycles. The summed E-state index contributed by atoms with van der Waals surface area (Å²) in [6.45, 7) is 6.91. The van der Waals surface area contributed by atoms with Crippen LogP contribution in [0, 0.1) is 51.0 Å². The second-order valence-corrected chi connectivity index (χ2v) is 14.7. The summed E-state index contributed by atoms with van der Waals surface area (Å²) in [5.41, 5.74) is 1.99. The van der Waals surface area contributed by atoms with Crippen LogP contribution < -0.4 is 21.3 Å². The summed E-state index contributed by atoms with van der Waals surface area (Å²) in [5.74, 6) is -9.49. The first kappa shape index (κ1) is 46.7. The molecule has 23 heteroatoms. The number of hydrogen-bond acceptors (Lipinski definition) is 11. The monoisotopic (exact) mass is 902 g/mol. The minimum Gasteiger partial charge on any atom is -0.378 e. The molecular weight excluding hydrogens is 861 g/mol. The molecule has 0 saturated heterocycles. The van der Waals surface area contributed by atoms with Crippen molar-refractivity contribution in [2.45, 2.75) is 53.9 Å². The average Bonchev–Trinajstić information content (AvgIpc) is 4.02. The van der Waals surface area contributed by atoms with E-state index in [9.17, 15) is 46.3 Å². The fraction of sp³-hybridized carbons (Fsp3) is 0.286. The van der Waals surface area contributed by atoms with Crippen molar-refractivity contribution in [2.75, 3.05) is 23.8 Å². The molecule has 4 heterocycles. The molecule has 0 aliphatic rings. The van der Waals surface area contributed by atoms with Crippen LogP contribution in [-0.2, 0) is 54.6 Å². The van der Waals surface area contributed by atoms with Gasteiger partial charge in [0.2, 0.25) is 0 Å². The molecule has 340 valence electrons. The minimum absolute atomic E-state index is 0.00386. The first-order valence-electron chi connectivity index (χ1n) is 19.7. The Kier molecular flexibility index (Phi) is 14.1. The Morgan fingerprint density at radius 2 is 0.969 bits per heavy atom. The van der Waals surface area contributed by atoms with Gasteiger partial charge in [0.1, 0.15) is 22.8 Å². The Labute approximate surface area is 367 Å². The number of rotatable bonds is 18. The number of amides is 4. The highest BCUT2D eigenvalue weighted by atomic mass is 19.2. The summed E-state index contributed by atoms with van der Waals surface area (Å²) >= 11 is 0. The molecule has 4 N–H and O–H groups in total. The smallest absolute Gasteiger partial charge is 0.292 e. The minimum atomic E-state index is -1.15. The van der Waals surface area contributed by atoms with Crippen molar-refractivity contribution < 1.29 is 51.1 Å². The van der Waals surface area contributed by atoms with Crippen molar-refractivity contribution in [1.82, 2.24) is 49.8 Å². The van der Waals surface area contributed by atoms with Gasteiger partial charge < -0.3 is 35.1 Å². The maximum Gasteiger partial charge on any atom is 0.292 e. The third-order valence-electron chi connectivity index (χ3n) is 10.5. The Morgan fingerprint density at radius 1 is 0.585 bits per heavy atom. The van der Waals surface area contributed by atoms with Gasteiger partial charge in [-0.3, -0.25) is 28.8 Å². The topological polar surface area (TPSA) is 231 Å². The third-order valence-corrected chi connectivity index (χ3v) is 10.5. The molecule has 4 amide bonds. The van der Waals surface area contributed by atoms with E-state index in [2.05, 4.69) is 41.9 Å². The van der Waals surface area contributed by atoms with E-state index < -0.39 is 58.5 Å². The van der Waals surface area contributed by atoms with E-state index >= 15 is 0 Å². The highest BCUT2D eigenvalue weighted by molar-refractivity contribution is 6.44. The largest absolute Gasteiger partial charge is 0.378 e. The van der Waals surface area contributed by atoms with Crippen LogP contribution in [-0.4, -0.2) is 87.5 Å². The fourth-order valence-corrected chi connectivity index (χ4v) is 7.00. The summed E-state index contributed by atoms with van der Waals surface area (Å²) in [6, 6.07) is 5.76. The van der Waals surface area contributed by atoms with Crippen LogP contribution in [0.25, 0.3) is 0 Å². The van der Waals surface area contributed by atoms with Crippen molar-refractivity contribution in [2.24, 2.45) is 14.1 Å². The lowest BCUT2D eigenvalue weighted by Gasteiger charge is -2.08. The van der Waals surface area contributed by atoms with E-state index in [4.69, 9.17) is 4.74 Å². The molecule has 2 aromatic carbocycles. The van der Waals surface area contributed by atoms with E-state index in [0.29, 0.717) is 35.9 Å². The van der Waals surface area contributed by atoms with E-state index in [1.165, 1.54) is 58.6 Å². The number of anilines is 2. The molecule has 19 nitrogen and oxygen atoms in total. The first-order valence-corrected chi connectivity index (χ1v) is 19.7. The number of carbonyl (C=O) groups excluding carboxylic acids is 6. The van der Waals surface area contributed by atoms with Crippen molar-refractivity contribution in [3.8, 4) is 0 Å². The van der Waals surface area contributed by atoms with Crippen LogP contribution in [0.2, 0.25) is 0 Å². The number of carbonyl (C=O) groups is 6. The van der Waals surface area contributed by atoms with Gasteiger partial charge in [-0.25, -0.2) is 26.9 Å². The van der Waals surface area contributed by atoms with Gasteiger partial charge in [0.25, 0.3) is 35.2 Å². The highest BCUT2D eigenvalue weighted by Gasteiger charge is 2.30. The quantitative estimate of drug-likeness (QED) is 0.0422. The van der Waals surface area contributed by atoms with Crippen molar-refractivity contribution in [1.29, 1.82) is 0 Å². The first-order chi connectivity index (χ1) is 30.9. The van der Waals surface area contributed by atoms with Gasteiger partial charge in [-0.15, -0.1) is 10.2 Å². The van der Waals surface area contributed by atoms with Crippen LogP contribution in [0.5, 0.6) is 0 Å². The van der Waals surface area contributed by atoms with Gasteiger partial charge in [0.15, 0.2) is 23.3 Å². The van der Waals surface area contributed by atoms with E-state index in [-0.39, 0.29) is 71.3 Å². The van der Waals surface area contributed by atoms with Crippen LogP contribution in [0.3, 0.4) is 0 Å². The average molecular weight is 903 g/mol. The predicted molar refractivity (Wildman–Crippen MR) is 222 cm³/mol. The molecule has 0 fully saturated rings. The molecule has 0 aliphatic heterocycles. The number of ether oxygens (including phenoxy) is 1. The third kappa shape index (κ3) is 10.4. The number of ketones is 2. The molecule has 65 heavy (non-hydrogen) atoms. The van der Waals surface area contributed by atoms with Gasteiger partial charge >= 0.3 is 0 Å². The molecule has 0 bridgehead atoms. The molecule has 6 rings (SSSR count). The summed E-state index contributed by atoms with van der Waals surface area (Å²) < 4.78 is 65.5. The lowest BCUT2D eigenvalue weighted by atomic mass is 10.0. The summed E-state index contributed by atoms with van der Waals surface area (Å²) in [5, 5.41) is 26.0. The van der Waals surface area contributed by atoms with E-state index in [1.54, 1.807) is 26.2 Å². The number of nitrogens with zero attached hydrogens (tertiary/aromatic N) is 8. The Bertz CT molecular complexity index is 2670. The second kappa shape index (κ2) is 19.7. The van der Waals surface area contributed by atoms with Crippen LogP contribution >= 0.6 is 0 Å². The lowest BCUT2D eigenvalue weighted by Crippen LogP contribution is -2.31. The number of halogens is 4. The lowest BCUT2D eigenvalue weighted by molar-refractivity contribution is -0.117. The van der Waals surface area contributed by atoms with Crippen LogP contribution in [0.4, 0.5) is 28.9 Å². The summed E-state index contributed by atoms with van der Waals surface area (Å²) in [6.07, 6.45) is 3.12.